The molecule has 0 aromatic heterocycles. The van der Waals surface area contributed by atoms with Crippen molar-refractivity contribution in [3.05, 3.63) is 29.8 Å². The zero-order valence-corrected chi connectivity index (χ0v) is 11.3. The number of hydrogen-bond acceptors (Lipinski definition) is 4. The fourth-order valence-corrected chi connectivity index (χ4v) is 1.57. The van der Waals surface area contributed by atoms with Crippen molar-refractivity contribution in [2.75, 3.05) is 6.61 Å². The van der Waals surface area contributed by atoms with Crippen LogP contribution in [-0.4, -0.2) is 24.5 Å². The summed E-state index contributed by atoms with van der Waals surface area (Å²) >= 11 is 0. The van der Waals surface area contributed by atoms with Crippen LogP contribution in [0.1, 0.15) is 19.4 Å². The average molecular weight is 264 g/mol. The van der Waals surface area contributed by atoms with Gasteiger partial charge in [0.1, 0.15) is 5.75 Å². The largest absolute Gasteiger partial charge is 0.548 e. The maximum Gasteiger partial charge on any atom is 0.258 e. The number of amides is 1. The van der Waals surface area contributed by atoms with Crippen LogP contribution in [0.25, 0.3) is 0 Å². The lowest BCUT2D eigenvalue weighted by Gasteiger charge is -2.23. The van der Waals surface area contributed by atoms with E-state index < -0.39 is 17.9 Å². The number of carboxylic acids is 1. The van der Waals surface area contributed by atoms with Crippen molar-refractivity contribution < 1.29 is 19.4 Å². The molecule has 0 spiro atoms. The molecule has 0 aliphatic rings. The number of benzene rings is 1. The van der Waals surface area contributed by atoms with Crippen LogP contribution in [0.5, 0.6) is 5.75 Å². The molecule has 1 N–H and O–H groups in total. The molecule has 0 unspecified atom stereocenters. The number of aliphatic carboxylic acids is 1. The third-order valence-electron chi connectivity index (χ3n) is 2.60. The van der Waals surface area contributed by atoms with E-state index in [1.54, 1.807) is 26.0 Å². The first-order valence-corrected chi connectivity index (χ1v) is 6.10. The molecule has 0 aliphatic carbocycles. The Labute approximate surface area is 112 Å². The highest BCUT2D eigenvalue weighted by Gasteiger charge is 2.17. The van der Waals surface area contributed by atoms with Gasteiger partial charge in [0.25, 0.3) is 5.91 Å². The summed E-state index contributed by atoms with van der Waals surface area (Å²) < 4.78 is 5.28. The molecule has 0 heterocycles. The third kappa shape index (κ3) is 4.99. The summed E-state index contributed by atoms with van der Waals surface area (Å²) in [7, 11) is 0. The lowest BCUT2D eigenvalue weighted by atomic mass is 10.1. The second-order valence-electron chi connectivity index (χ2n) is 4.71. The smallest absolute Gasteiger partial charge is 0.258 e. The Kier molecular flexibility index (Phi) is 5.36. The summed E-state index contributed by atoms with van der Waals surface area (Å²) in [6.45, 7) is 5.09. The highest BCUT2D eigenvalue weighted by molar-refractivity contribution is 5.83. The zero-order chi connectivity index (χ0) is 14.4. The molecule has 5 nitrogen and oxygen atoms in total. The van der Waals surface area contributed by atoms with Crippen LogP contribution < -0.4 is 15.2 Å². The van der Waals surface area contributed by atoms with Gasteiger partial charge in [-0.05, 0) is 30.5 Å². The Morgan fingerprint density at radius 3 is 2.58 bits per heavy atom. The molecule has 1 atom stereocenters. The normalized spacial score (nSPS) is 12.0. The molecule has 0 saturated carbocycles. The molecule has 5 heteroatoms. The van der Waals surface area contributed by atoms with Crippen LogP contribution in [0, 0.1) is 12.8 Å². The first-order chi connectivity index (χ1) is 8.90. The van der Waals surface area contributed by atoms with Crippen LogP contribution in [0.4, 0.5) is 0 Å². The molecule has 1 aromatic rings. The zero-order valence-electron chi connectivity index (χ0n) is 11.3. The van der Waals surface area contributed by atoms with Crippen molar-refractivity contribution in [1.82, 2.24) is 5.32 Å². The second kappa shape index (κ2) is 6.78. The Bertz CT molecular complexity index is 457. The van der Waals surface area contributed by atoms with Gasteiger partial charge >= 0.3 is 0 Å². The van der Waals surface area contributed by atoms with E-state index in [1.807, 2.05) is 19.1 Å². The SMILES string of the molecule is Cc1cccc(OCC(=O)N[C@H](C(=O)[O-])C(C)C)c1. The summed E-state index contributed by atoms with van der Waals surface area (Å²) in [5, 5.41) is 13.2. The molecule has 19 heavy (non-hydrogen) atoms. The van der Waals surface area contributed by atoms with Crippen molar-refractivity contribution in [2.24, 2.45) is 5.92 Å². The van der Waals surface area contributed by atoms with E-state index in [0.29, 0.717) is 5.75 Å². The first kappa shape index (κ1) is 15.0. The Balaban J connectivity index is 2.49. The highest BCUT2D eigenvalue weighted by atomic mass is 16.5. The minimum atomic E-state index is -1.29. The van der Waals surface area contributed by atoms with Crippen molar-refractivity contribution in [1.29, 1.82) is 0 Å². The van der Waals surface area contributed by atoms with E-state index in [1.165, 1.54) is 0 Å². The number of hydrogen-bond donors (Lipinski definition) is 1. The van der Waals surface area contributed by atoms with Gasteiger partial charge in [0.05, 0.1) is 12.0 Å². The van der Waals surface area contributed by atoms with Gasteiger partial charge in [-0.1, -0.05) is 26.0 Å². The van der Waals surface area contributed by atoms with Gasteiger partial charge in [0, 0.05) is 0 Å². The van der Waals surface area contributed by atoms with Gasteiger partial charge in [-0.2, -0.15) is 0 Å². The number of carbonyl (C=O) groups is 2. The van der Waals surface area contributed by atoms with Gasteiger partial charge in [-0.3, -0.25) is 4.79 Å². The van der Waals surface area contributed by atoms with Crippen LogP contribution >= 0.6 is 0 Å². The molecule has 0 fully saturated rings. The predicted molar refractivity (Wildman–Crippen MR) is 68.4 cm³/mol. The minimum Gasteiger partial charge on any atom is -0.548 e. The summed E-state index contributed by atoms with van der Waals surface area (Å²) in [6, 6.07) is 6.26. The molecule has 104 valence electrons. The van der Waals surface area contributed by atoms with Crippen LogP contribution in [-0.2, 0) is 9.59 Å². The highest BCUT2D eigenvalue weighted by Crippen LogP contribution is 2.12. The van der Waals surface area contributed by atoms with Crippen molar-refractivity contribution >= 4 is 11.9 Å². The second-order valence-corrected chi connectivity index (χ2v) is 4.71. The summed E-state index contributed by atoms with van der Waals surface area (Å²) in [5.74, 6) is -1.44. The maximum atomic E-state index is 11.6. The average Bonchev–Trinajstić information content (AvgIpc) is 2.32. The number of carboxylic acid groups (broad SMARTS) is 1. The van der Waals surface area contributed by atoms with Gasteiger partial charge < -0.3 is 20.0 Å². The van der Waals surface area contributed by atoms with Crippen molar-refractivity contribution in [2.45, 2.75) is 26.8 Å². The van der Waals surface area contributed by atoms with Crippen LogP contribution in [0.3, 0.4) is 0 Å². The maximum absolute atomic E-state index is 11.6. The molecule has 0 bridgehead atoms. The number of ether oxygens (including phenoxy) is 1. The number of nitrogens with one attached hydrogen (secondary N) is 1. The fourth-order valence-electron chi connectivity index (χ4n) is 1.57. The Hall–Kier alpha value is -2.04. The monoisotopic (exact) mass is 264 g/mol. The summed E-state index contributed by atoms with van der Waals surface area (Å²) in [5.41, 5.74) is 1.02. The molecule has 0 saturated heterocycles. The topological polar surface area (TPSA) is 78.5 Å². The van der Waals surface area contributed by atoms with Crippen LogP contribution in [0.2, 0.25) is 0 Å². The molecule has 0 aliphatic heterocycles. The fraction of sp³-hybridized carbons (Fsp3) is 0.429. The van der Waals surface area contributed by atoms with E-state index in [-0.39, 0.29) is 12.5 Å². The van der Waals surface area contributed by atoms with Gasteiger partial charge in [-0.25, -0.2) is 0 Å². The summed E-state index contributed by atoms with van der Waals surface area (Å²) in [6.07, 6.45) is 0. The first-order valence-electron chi connectivity index (χ1n) is 6.10. The number of rotatable bonds is 6. The number of aryl methyl sites for hydroxylation is 1. The lowest BCUT2D eigenvalue weighted by Crippen LogP contribution is -2.51. The molecular formula is C14H18NO4-. The lowest BCUT2D eigenvalue weighted by molar-refractivity contribution is -0.309. The van der Waals surface area contributed by atoms with E-state index in [0.717, 1.165) is 5.56 Å². The molecule has 0 radical (unpaired) electrons. The minimum absolute atomic E-state index is 0.222. The van der Waals surface area contributed by atoms with E-state index >= 15 is 0 Å². The molecule has 1 amide bonds. The Morgan fingerprint density at radius 2 is 2.05 bits per heavy atom. The molecular weight excluding hydrogens is 246 g/mol. The Morgan fingerprint density at radius 1 is 1.37 bits per heavy atom. The van der Waals surface area contributed by atoms with Crippen LogP contribution in [0.15, 0.2) is 24.3 Å². The number of carbonyl (C=O) groups excluding carboxylic acids is 2. The molecule has 1 aromatic carbocycles. The molecule has 1 rings (SSSR count). The summed E-state index contributed by atoms with van der Waals surface area (Å²) in [4.78, 5) is 22.4. The van der Waals surface area contributed by atoms with E-state index in [2.05, 4.69) is 5.32 Å². The van der Waals surface area contributed by atoms with Gasteiger partial charge in [0.15, 0.2) is 6.61 Å². The van der Waals surface area contributed by atoms with Crippen molar-refractivity contribution in [3.8, 4) is 5.75 Å². The van der Waals surface area contributed by atoms with Crippen molar-refractivity contribution in [3.63, 3.8) is 0 Å². The quantitative estimate of drug-likeness (QED) is 0.799. The predicted octanol–water partition coefficient (Wildman–Crippen LogP) is 0.265. The van der Waals surface area contributed by atoms with E-state index in [4.69, 9.17) is 4.74 Å². The van der Waals surface area contributed by atoms with Gasteiger partial charge in [-0.15, -0.1) is 0 Å². The van der Waals surface area contributed by atoms with E-state index in [9.17, 15) is 14.7 Å². The standard InChI is InChI=1S/C14H19NO4/c1-9(2)13(14(17)18)15-12(16)8-19-11-6-4-5-10(3)7-11/h4-7,9,13H,8H2,1-3H3,(H,15,16)(H,17,18)/p-1/t13-/m0/s1. The third-order valence-corrected chi connectivity index (χ3v) is 2.60. The van der Waals surface area contributed by atoms with Gasteiger partial charge in [0.2, 0.25) is 0 Å².